The third-order valence-electron chi connectivity index (χ3n) is 6.79. The van der Waals surface area contributed by atoms with Gasteiger partial charge in [-0.15, -0.1) is 0 Å². The molecule has 2 aliphatic heterocycles. The van der Waals surface area contributed by atoms with Crippen LogP contribution in [0.4, 0.5) is 24.7 Å². The molecule has 0 saturated carbocycles. The molecule has 4 rings (SSSR count). The lowest BCUT2D eigenvalue weighted by Gasteiger charge is -2.40. The molecule has 10 heteroatoms. The molecule has 0 radical (unpaired) electrons. The Bertz CT molecular complexity index is 1070. The number of halogens is 3. The average Bonchev–Trinajstić information content (AvgIpc) is 2.77. The van der Waals surface area contributed by atoms with Crippen molar-refractivity contribution in [2.24, 2.45) is 0 Å². The van der Waals surface area contributed by atoms with Crippen molar-refractivity contribution in [3.05, 3.63) is 46.4 Å². The number of fused-ring (bicyclic) bond motifs is 1. The number of hydrogen-bond acceptors (Lipinski definition) is 6. The highest BCUT2D eigenvalue weighted by atomic mass is 19.4. The normalized spacial score (nSPS) is 18.5. The number of likely N-dealkylation sites (tertiary alicyclic amines) is 1. The fourth-order valence-electron chi connectivity index (χ4n) is 4.91. The predicted molar refractivity (Wildman–Crippen MR) is 124 cm³/mol. The van der Waals surface area contributed by atoms with Crippen LogP contribution in [-0.4, -0.2) is 51.4 Å². The van der Waals surface area contributed by atoms with Gasteiger partial charge in [-0.05, 0) is 50.5 Å². The Hall–Kier alpha value is -2.88. The molecule has 1 aromatic carbocycles. The number of hydrogen-bond donors (Lipinski definition) is 2. The number of amides is 1. The van der Waals surface area contributed by atoms with Crippen molar-refractivity contribution in [2.75, 3.05) is 30.7 Å². The fourth-order valence-corrected chi connectivity index (χ4v) is 4.91. The second-order valence-electron chi connectivity index (χ2n) is 9.25. The first-order valence-corrected chi connectivity index (χ1v) is 11.6. The van der Waals surface area contributed by atoms with E-state index in [-0.39, 0.29) is 11.6 Å². The molecule has 0 bridgehead atoms. The van der Waals surface area contributed by atoms with Gasteiger partial charge in [0.05, 0.1) is 17.3 Å². The summed E-state index contributed by atoms with van der Waals surface area (Å²) in [6.07, 6.45) is -1.84. The average molecular weight is 477 g/mol. The topological polar surface area (TPSA) is 87.4 Å². The minimum atomic E-state index is -4.47. The van der Waals surface area contributed by atoms with Crippen LogP contribution in [0.1, 0.15) is 60.9 Å². The van der Waals surface area contributed by atoms with Gasteiger partial charge in [-0.2, -0.15) is 13.2 Å². The van der Waals surface area contributed by atoms with Crippen LogP contribution in [0.5, 0.6) is 0 Å². The molecule has 1 amide bonds. The maximum Gasteiger partial charge on any atom is 0.416 e. The van der Waals surface area contributed by atoms with Gasteiger partial charge in [0, 0.05) is 56.8 Å². The minimum Gasteiger partial charge on any atom is -0.399 e. The zero-order valence-electron chi connectivity index (χ0n) is 19.7. The molecular weight excluding hydrogens is 445 g/mol. The number of benzene rings is 1. The molecule has 1 saturated heterocycles. The zero-order chi connectivity index (χ0) is 24.6. The van der Waals surface area contributed by atoms with Crippen LogP contribution in [0.3, 0.4) is 0 Å². The van der Waals surface area contributed by atoms with Gasteiger partial charge in [0.1, 0.15) is 11.6 Å². The van der Waals surface area contributed by atoms with Crippen molar-refractivity contribution in [3.63, 3.8) is 0 Å². The smallest absolute Gasteiger partial charge is 0.399 e. The molecule has 0 spiro atoms. The van der Waals surface area contributed by atoms with Crippen LogP contribution in [0, 0.1) is 6.92 Å². The van der Waals surface area contributed by atoms with Crippen LogP contribution in [-0.2, 0) is 23.9 Å². The molecule has 2 aromatic rings. The number of carbonyl (C=O) groups excluding carboxylic acids is 1. The van der Waals surface area contributed by atoms with Crippen molar-refractivity contribution in [1.29, 1.82) is 0 Å². The van der Waals surface area contributed by atoms with Gasteiger partial charge in [0.2, 0.25) is 5.91 Å². The zero-order valence-corrected chi connectivity index (χ0v) is 19.7. The molecular formula is C24H31F3N6O. The summed E-state index contributed by atoms with van der Waals surface area (Å²) in [5.74, 6) is 1.39. The predicted octanol–water partition coefficient (Wildman–Crippen LogP) is 3.93. The van der Waals surface area contributed by atoms with Crippen LogP contribution in [0.25, 0.3) is 0 Å². The van der Waals surface area contributed by atoms with E-state index in [1.165, 1.54) is 0 Å². The molecule has 1 aromatic heterocycles. The van der Waals surface area contributed by atoms with E-state index in [1.54, 1.807) is 19.9 Å². The number of nitrogens with zero attached hydrogens (tertiary/aromatic N) is 4. The Labute approximate surface area is 197 Å². The van der Waals surface area contributed by atoms with Crippen molar-refractivity contribution < 1.29 is 18.0 Å². The maximum absolute atomic E-state index is 13.3. The number of nitrogens with two attached hydrogens (primary N) is 1. The summed E-state index contributed by atoms with van der Waals surface area (Å²) in [6.45, 7) is 8.29. The quantitative estimate of drug-likeness (QED) is 0.651. The molecule has 184 valence electrons. The van der Waals surface area contributed by atoms with Gasteiger partial charge in [0.25, 0.3) is 0 Å². The number of rotatable bonds is 4. The van der Waals surface area contributed by atoms with E-state index in [0.717, 1.165) is 62.3 Å². The number of nitrogens with one attached hydrogen (secondary N) is 1. The van der Waals surface area contributed by atoms with Gasteiger partial charge < -0.3 is 16.0 Å². The van der Waals surface area contributed by atoms with Gasteiger partial charge in [-0.25, -0.2) is 9.97 Å². The van der Waals surface area contributed by atoms with Crippen molar-refractivity contribution in [1.82, 2.24) is 19.8 Å². The van der Waals surface area contributed by atoms with Crippen molar-refractivity contribution in [3.8, 4) is 0 Å². The molecule has 1 atom stereocenters. The molecule has 1 fully saturated rings. The molecule has 3 heterocycles. The summed E-state index contributed by atoms with van der Waals surface area (Å²) < 4.78 is 39.8. The standard InChI is InChI=1S/C24H31F3N6O/c1-14(17-10-18(24(25,26)27)12-19(28)11-17)29-23-21-13-33(9-6-22(21)30-15(2)31-23)20-4-7-32(8-5-20)16(3)34/h10-12,14,20H,4-9,13,28H2,1-3H3,(H,29,30,31). The summed E-state index contributed by atoms with van der Waals surface area (Å²) in [5.41, 5.74) is 7.48. The van der Waals surface area contributed by atoms with E-state index in [2.05, 4.69) is 20.2 Å². The van der Waals surface area contributed by atoms with Gasteiger partial charge in [0.15, 0.2) is 0 Å². The third kappa shape index (κ3) is 5.27. The number of aromatic nitrogens is 2. The second kappa shape index (κ2) is 9.40. The Morgan fingerprint density at radius 3 is 2.53 bits per heavy atom. The minimum absolute atomic E-state index is 0.0717. The highest BCUT2D eigenvalue weighted by Crippen LogP contribution is 2.34. The summed E-state index contributed by atoms with van der Waals surface area (Å²) in [4.78, 5) is 25.2. The van der Waals surface area contributed by atoms with Gasteiger partial charge in [-0.3, -0.25) is 9.69 Å². The number of alkyl halides is 3. The van der Waals surface area contributed by atoms with Crippen molar-refractivity contribution in [2.45, 2.75) is 64.8 Å². The van der Waals surface area contributed by atoms with E-state index < -0.39 is 17.8 Å². The molecule has 0 aliphatic carbocycles. The molecule has 1 unspecified atom stereocenters. The largest absolute Gasteiger partial charge is 0.416 e. The first kappa shape index (κ1) is 24.3. The Morgan fingerprint density at radius 1 is 1.18 bits per heavy atom. The van der Waals surface area contributed by atoms with E-state index in [0.29, 0.717) is 29.8 Å². The highest BCUT2D eigenvalue weighted by Gasteiger charge is 2.32. The summed E-state index contributed by atoms with van der Waals surface area (Å²) in [6, 6.07) is 3.57. The van der Waals surface area contributed by atoms with E-state index >= 15 is 0 Å². The van der Waals surface area contributed by atoms with Crippen LogP contribution in [0.2, 0.25) is 0 Å². The van der Waals surface area contributed by atoms with Crippen LogP contribution in [0.15, 0.2) is 18.2 Å². The lowest BCUT2D eigenvalue weighted by atomic mass is 9.97. The summed E-state index contributed by atoms with van der Waals surface area (Å²) in [7, 11) is 0. The van der Waals surface area contributed by atoms with E-state index in [1.807, 2.05) is 11.8 Å². The maximum atomic E-state index is 13.3. The fraction of sp³-hybridized carbons (Fsp3) is 0.542. The van der Waals surface area contributed by atoms with E-state index in [4.69, 9.17) is 5.73 Å². The highest BCUT2D eigenvalue weighted by molar-refractivity contribution is 5.73. The monoisotopic (exact) mass is 476 g/mol. The van der Waals surface area contributed by atoms with Gasteiger partial charge in [-0.1, -0.05) is 0 Å². The number of nitrogen functional groups attached to an aromatic ring is 1. The molecule has 34 heavy (non-hydrogen) atoms. The third-order valence-corrected chi connectivity index (χ3v) is 6.79. The Balaban J connectivity index is 1.54. The summed E-state index contributed by atoms with van der Waals surface area (Å²) >= 11 is 0. The molecule has 7 nitrogen and oxygen atoms in total. The Kier molecular flexibility index (Phi) is 6.71. The number of anilines is 2. The first-order valence-electron chi connectivity index (χ1n) is 11.6. The van der Waals surface area contributed by atoms with Crippen LogP contribution >= 0.6 is 0 Å². The number of carbonyl (C=O) groups is 1. The van der Waals surface area contributed by atoms with Crippen LogP contribution < -0.4 is 11.1 Å². The van der Waals surface area contributed by atoms with E-state index in [9.17, 15) is 18.0 Å². The van der Waals surface area contributed by atoms with Gasteiger partial charge >= 0.3 is 6.18 Å². The first-order chi connectivity index (χ1) is 16.0. The molecule has 3 N–H and O–H groups in total. The summed E-state index contributed by atoms with van der Waals surface area (Å²) in [5, 5.41) is 3.32. The van der Waals surface area contributed by atoms with Crippen molar-refractivity contribution >= 4 is 17.4 Å². The number of aryl methyl sites for hydroxylation is 1. The second-order valence-corrected chi connectivity index (χ2v) is 9.25. The molecule has 2 aliphatic rings. The lowest BCUT2D eigenvalue weighted by molar-refractivity contribution is -0.137. The SMILES string of the molecule is CC(=O)N1CCC(N2CCc3nc(C)nc(NC(C)c4cc(N)cc(C(F)(F)F)c4)c3C2)CC1. The lowest BCUT2D eigenvalue weighted by Crippen LogP contribution is -2.47. The number of piperidine rings is 1. The Morgan fingerprint density at radius 2 is 1.88 bits per heavy atom.